The predicted molar refractivity (Wildman–Crippen MR) is 92.1 cm³/mol. The summed E-state index contributed by atoms with van der Waals surface area (Å²) in [6.45, 7) is 2.09. The maximum absolute atomic E-state index is 12.3. The number of amides is 1. The van der Waals surface area contributed by atoms with E-state index >= 15 is 0 Å². The van der Waals surface area contributed by atoms with Crippen LogP contribution >= 0.6 is 0 Å². The first-order valence-corrected chi connectivity index (χ1v) is 7.61. The topological polar surface area (TPSA) is 29.1 Å². The lowest BCUT2D eigenvalue weighted by Gasteiger charge is -2.10. The molecule has 1 N–H and O–H groups in total. The van der Waals surface area contributed by atoms with Crippen molar-refractivity contribution in [1.82, 2.24) is 0 Å². The molecule has 1 amide bonds. The molecule has 0 saturated carbocycles. The van der Waals surface area contributed by atoms with Crippen molar-refractivity contribution in [3.63, 3.8) is 0 Å². The van der Waals surface area contributed by atoms with Gasteiger partial charge in [0.25, 0.3) is 0 Å². The molecule has 2 nitrogen and oxygen atoms in total. The summed E-state index contributed by atoms with van der Waals surface area (Å²) in [6.07, 6.45) is 1.30. The molecule has 0 radical (unpaired) electrons. The van der Waals surface area contributed by atoms with Crippen molar-refractivity contribution in [2.24, 2.45) is 0 Å². The van der Waals surface area contributed by atoms with Crippen molar-refractivity contribution in [2.45, 2.75) is 19.8 Å². The Labute approximate surface area is 130 Å². The molecule has 0 aromatic heterocycles. The third-order valence-corrected chi connectivity index (χ3v) is 3.85. The van der Waals surface area contributed by atoms with E-state index in [1.165, 1.54) is 10.8 Å². The molecule has 0 atom stereocenters. The Morgan fingerprint density at radius 3 is 2.45 bits per heavy atom. The number of para-hydroxylation sites is 1. The van der Waals surface area contributed by atoms with Gasteiger partial charge in [-0.2, -0.15) is 0 Å². The van der Waals surface area contributed by atoms with Gasteiger partial charge in [0.2, 0.25) is 5.91 Å². The van der Waals surface area contributed by atoms with Gasteiger partial charge < -0.3 is 5.32 Å². The Morgan fingerprint density at radius 1 is 0.909 bits per heavy atom. The van der Waals surface area contributed by atoms with Crippen LogP contribution in [0, 0.1) is 0 Å². The summed E-state index contributed by atoms with van der Waals surface area (Å²) in [5, 5.41) is 5.38. The lowest BCUT2D eigenvalue weighted by molar-refractivity contribution is -0.115. The number of carbonyl (C=O) groups is 1. The highest BCUT2D eigenvalue weighted by Crippen LogP contribution is 2.18. The van der Waals surface area contributed by atoms with Gasteiger partial charge in [0.05, 0.1) is 6.42 Å². The third-order valence-electron chi connectivity index (χ3n) is 3.85. The minimum atomic E-state index is 0.0242. The van der Waals surface area contributed by atoms with E-state index in [0.29, 0.717) is 6.42 Å². The number of hydrogen-bond donors (Lipinski definition) is 1. The maximum atomic E-state index is 12.3. The molecule has 0 aliphatic rings. The molecular formula is C20H19NO. The van der Waals surface area contributed by atoms with E-state index < -0.39 is 0 Å². The van der Waals surface area contributed by atoms with Crippen LogP contribution in [-0.4, -0.2) is 5.91 Å². The minimum absolute atomic E-state index is 0.0242. The number of nitrogens with one attached hydrogen (secondary N) is 1. The first kappa shape index (κ1) is 14.3. The number of anilines is 1. The van der Waals surface area contributed by atoms with E-state index in [1.54, 1.807) is 0 Å². The lowest BCUT2D eigenvalue weighted by Crippen LogP contribution is -2.15. The van der Waals surface area contributed by atoms with E-state index in [-0.39, 0.29) is 5.91 Å². The smallest absolute Gasteiger partial charge is 0.228 e. The van der Waals surface area contributed by atoms with Crippen LogP contribution in [0.1, 0.15) is 18.1 Å². The average molecular weight is 289 g/mol. The average Bonchev–Trinajstić information content (AvgIpc) is 2.55. The van der Waals surface area contributed by atoms with E-state index in [1.807, 2.05) is 42.5 Å². The molecule has 0 aliphatic heterocycles. The Bertz CT molecular complexity index is 807. The lowest BCUT2D eigenvalue weighted by atomic mass is 10.0. The molecule has 0 spiro atoms. The molecule has 0 fully saturated rings. The van der Waals surface area contributed by atoms with Gasteiger partial charge in [-0.15, -0.1) is 0 Å². The Kier molecular flexibility index (Phi) is 4.19. The normalized spacial score (nSPS) is 10.6. The fourth-order valence-corrected chi connectivity index (χ4v) is 2.68. The second-order valence-corrected chi connectivity index (χ2v) is 5.42. The Morgan fingerprint density at radius 2 is 1.64 bits per heavy atom. The molecule has 3 aromatic carbocycles. The molecule has 2 heteroatoms. The van der Waals surface area contributed by atoms with E-state index in [9.17, 15) is 4.79 Å². The second kappa shape index (κ2) is 6.44. The Hall–Kier alpha value is -2.61. The summed E-state index contributed by atoms with van der Waals surface area (Å²) in [5.41, 5.74) is 3.11. The number of hydrogen-bond acceptors (Lipinski definition) is 1. The van der Waals surface area contributed by atoms with Gasteiger partial charge in [-0.05, 0) is 34.4 Å². The highest BCUT2D eigenvalue weighted by Gasteiger charge is 2.07. The van der Waals surface area contributed by atoms with Crippen LogP contribution in [0.3, 0.4) is 0 Å². The molecular weight excluding hydrogens is 270 g/mol. The molecule has 0 saturated heterocycles. The van der Waals surface area contributed by atoms with Crippen LogP contribution in [0.5, 0.6) is 0 Å². The second-order valence-electron chi connectivity index (χ2n) is 5.42. The number of aryl methyl sites for hydroxylation is 1. The third kappa shape index (κ3) is 3.17. The SMILES string of the molecule is CCc1ccccc1NC(=O)Cc1ccc2ccccc2c1. The fourth-order valence-electron chi connectivity index (χ4n) is 2.68. The quantitative estimate of drug-likeness (QED) is 0.748. The van der Waals surface area contributed by atoms with Crippen molar-refractivity contribution < 1.29 is 4.79 Å². The van der Waals surface area contributed by atoms with Gasteiger partial charge >= 0.3 is 0 Å². The molecule has 0 aliphatic carbocycles. The van der Waals surface area contributed by atoms with Crippen molar-refractivity contribution in [1.29, 1.82) is 0 Å². The zero-order valence-corrected chi connectivity index (χ0v) is 12.7. The van der Waals surface area contributed by atoms with Gasteiger partial charge in [-0.1, -0.05) is 67.6 Å². The van der Waals surface area contributed by atoms with Crippen molar-refractivity contribution in [3.05, 3.63) is 77.9 Å². The highest BCUT2D eigenvalue weighted by molar-refractivity contribution is 5.94. The van der Waals surface area contributed by atoms with Crippen molar-refractivity contribution >= 4 is 22.4 Å². The first-order chi connectivity index (χ1) is 10.8. The van der Waals surface area contributed by atoms with Gasteiger partial charge in [0.1, 0.15) is 0 Å². The van der Waals surface area contributed by atoms with Gasteiger partial charge in [0, 0.05) is 5.69 Å². The van der Waals surface area contributed by atoms with Gasteiger partial charge in [-0.25, -0.2) is 0 Å². The van der Waals surface area contributed by atoms with Crippen LogP contribution in [0.25, 0.3) is 10.8 Å². The maximum Gasteiger partial charge on any atom is 0.228 e. The number of benzene rings is 3. The Balaban J connectivity index is 1.75. The number of carbonyl (C=O) groups excluding carboxylic acids is 1. The van der Waals surface area contributed by atoms with E-state index in [0.717, 1.165) is 23.2 Å². The number of fused-ring (bicyclic) bond motifs is 1. The van der Waals surface area contributed by atoms with E-state index in [4.69, 9.17) is 0 Å². The summed E-state index contributed by atoms with van der Waals surface area (Å²) >= 11 is 0. The number of rotatable bonds is 4. The summed E-state index contributed by atoms with van der Waals surface area (Å²) < 4.78 is 0. The fraction of sp³-hybridized carbons (Fsp3) is 0.150. The molecule has 3 rings (SSSR count). The molecule has 22 heavy (non-hydrogen) atoms. The van der Waals surface area contributed by atoms with Gasteiger partial charge in [0.15, 0.2) is 0 Å². The summed E-state index contributed by atoms with van der Waals surface area (Å²) in [6, 6.07) is 22.3. The van der Waals surface area contributed by atoms with Crippen LogP contribution in [0.2, 0.25) is 0 Å². The zero-order chi connectivity index (χ0) is 15.4. The summed E-state index contributed by atoms with van der Waals surface area (Å²) in [4.78, 5) is 12.3. The summed E-state index contributed by atoms with van der Waals surface area (Å²) in [5.74, 6) is 0.0242. The van der Waals surface area contributed by atoms with Crippen LogP contribution in [0.15, 0.2) is 66.7 Å². The molecule has 0 unspecified atom stereocenters. The van der Waals surface area contributed by atoms with Crippen molar-refractivity contribution in [2.75, 3.05) is 5.32 Å². The molecule has 3 aromatic rings. The zero-order valence-electron chi connectivity index (χ0n) is 12.7. The minimum Gasteiger partial charge on any atom is -0.326 e. The predicted octanol–water partition coefficient (Wildman–Crippen LogP) is 4.58. The highest BCUT2D eigenvalue weighted by atomic mass is 16.1. The van der Waals surface area contributed by atoms with Gasteiger partial charge in [-0.3, -0.25) is 4.79 Å². The summed E-state index contributed by atoms with van der Waals surface area (Å²) in [7, 11) is 0. The first-order valence-electron chi connectivity index (χ1n) is 7.61. The van der Waals surface area contributed by atoms with Crippen LogP contribution < -0.4 is 5.32 Å². The van der Waals surface area contributed by atoms with Crippen LogP contribution in [0.4, 0.5) is 5.69 Å². The van der Waals surface area contributed by atoms with Crippen LogP contribution in [-0.2, 0) is 17.6 Å². The van der Waals surface area contributed by atoms with E-state index in [2.05, 4.69) is 36.5 Å². The molecule has 0 heterocycles. The van der Waals surface area contributed by atoms with Crippen molar-refractivity contribution in [3.8, 4) is 0 Å². The standard InChI is InChI=1S/C20H19NO/c1-2-16-7-5-6-10-19(16)21-20(22)14-15-11-12-17-8-3-4-9-18(17)13-15/h3-13H,2,14H2,1H3,(H,21,22). The monoisotopic (exact) mass is 289 g/mol. The molecule has 110 valence electrons. The largest absolute Gasteiger partial charge is 0.326 e. The molecule has 0 bridgehead atoms.